The van der Waals surface area contributed by atoms with Crippen LogP contribution in [0, 0.1) is 5.92 Å². The molecule has 2 N–H and O–H groups in total. The van der Waals surface area contributed by atoms with E-state index in [9.17, 15) is 0 Å². The maximum atomic E-state index is 5.59. The molecule has 0 bridgehead atoms. The third kappa shape index (κ3) is 0.701. The Kier molecular flexibility index (Phi) is 1.01. The number of hydrogen-bond acceptors (Lipinski definition) is 3. The Morgan fingerprint density at radius 1 is 1.80 bits per heavy atom. The largest absolute Gasteiger partial charge is 0.395 e. The highest BCUT2D eigenvalue weighted by molar-refractivity contribution is 5.42. The fourth-order valence-electron chi connectivity index (χ4n) is 1.23. The van der Waals surface area contributed by atoms with Crippen LogP contribution >= 0.6 is 0 Å². The van der Waals surface area contributed by atoms with Crippen LogP contribution in [0.15, 0.2) is 10.7 Å². The summed E-state index contributed by atoms with van der Waals surface area (Å²) in [5.41, 5.74) is 6.29. The van der Waals surface area contributed by atoms with Crippen molar-refractivity contribution in [3.8, 4) is 0 Å². The Morgan fingerprint density at radius 2 is 2.50 bits per heavy atom. The Balaban J connectivity index is 2.26. The van der Waals surface area contributed by atoms with Gasteiger partial charge in [0.1, 0.15) is 0 Å². The van der Waals surface area contributed by atoms with Crippen LogP contribution < -0.4 is 5.73 Å². The van der Waals surface area contributed by atoms with E-state index in [1.165, 1.54) is 6.42 Å². The molecule has 2 unspecified atom stereocenters. The molecule has 0 aliphatic heterocycles. The van der Waals surface area contributed by atoms with Gasteiger partial charge in [0.2, 0.25) is 0 Å². The quantitative estimate of drug-likeness (QED) is 0.637. The van der Waals surface area contributed by atoms with Crippen molar-refractivity contribution in [2.24, 2.45) is 5.92 Å². The van der Waals surface area contributed by atoms with E-state index < -0.39 is 0 Å². The van der Waals surface area contributed by atoms with Crippen LogP contribution in [0.25, 0.3) is 0 Å². The van der Waals surface area contributed by atoms with Crippen LogP contribution in [0.5, 0.6) is 0 Å². The van der Waals surface area contributed by atoms with E-state index in [-0.39, 0.29) is 0 Å². The lowest BCUT2D eigenvalue weighted by atomic mass is 10.2. The van der Waals surface area contributed by atoms with Crippen molar-refractivity contribution in [3.63, 3.8) is 0 Å². The molecule has 1 aliphatic rings. The van der Waals surface area contributed by atoms with Crippen molar-refractivity contribution in [2.75, 3.05) is 5.73 Å². The summed E-state index contributed by atoms with van der Waals surface area (Å²) >= 11 is 0. The molecule has 54 valence electrons. The van der Waals surface area contributed by atoms with Crippen LogP contribution in [0.4, 0.5) is 5.69 Å². The first kappa shape index (κ1) is 5.77. The fourth-order valence-corrected chi connectivity index (χ4v) is 1.23. The first-order chi connectivity index (χ1) is 4.79. The third-order valence-electron chi connectivity index (χ3n) is 2.07. The van der Waals surface area contributed by atoms with Crippen molar-refractivity contribution < 1.29 is 4.52 Å². The summed E-state index contributed by atoms with van der Waals surface area (Å²) in [4.78, 5) is 0. The summed E-state index contributed by atoms with van der Waals surface area (Å²) < 4.78 is 4.98. The molecule has 1 fully saturated rings. The summed E-state index contributed by atoms with van der Waals surface area (Å²) in [6.07, 6.45) is 2.76. The molecule has 0 aromatic carbocycles. The summed E-state index contributed by atoms with van der Waals surface area (Å²) in [5.74, 6) is 2.16. The second-order valence-electron chi connectivity index (χ2n) is 2.96. The van der Waals surface area contributed by atoms with Gasteiger partial charge >= 0.3 is 0 Å². The van der Waals surface area contributed by atoms with Gasteiger partial charge in [-0.2, -0.15) is 0 Å². The first-order valence-corrected chi connectivity index (χ1v) is 3.49. The molecule has 1 aliphatic carbocycles. The van der Waals surface area contributed by atoms with Gasteiger partial charge in [0.15, 0.2) is 5.76 Å². The van der Waals surface area contributed by atoms with Gasteiger partial charge in [-0.25, -0.2) is 0 Å². The molecule has 1 saturated carbocycles. The Hall–Kier alpha value is -0.990. The van der Waals surface area contributed by atoms with Crippen molar-refractivity contribution in [1.82, 2.24) is 5.16 Å². The number of aromatic nitrogens is 1. The van der Waals surface area contributed by atoms with E-state index in [4.69, 9.17) is 10.3 Å². The van der Waals surface area contributed by atoms with Crippen LogP contribution in [0.2, 0.25) is 0 Å². The molecule has 3 nitrogen and oxygen atoms in total. The summed E-state index contributed by atoms with van der Waals surface area (Å²) in [6.45, 7) is 2.19. The zero-order valence-electron chi connectivity index (χ0n) is 5.87. The van der Waals surface area contributed by atoms with E-state index in [0.717, 1.165) is 11.7 Å². The molecular formula is C7H10N2O. The predicted octanol–water partition coefficient (Wildman–Crippen LogP) is 1.38. The average Bonchev–Trinajstić information content (AvgIpc) is 2.42. The minimum atomic E-state index is 0.544. The lowest BCUT2D eigenvalue weighted by molar-refractivity contribution is 0.382. The van der Waals surface area contributed by atoms with Gasteiger partial charge in [-0.15, -0.1) is 0 Å². The van der Waals surface area contributed by atoms with E-state index in [1.54, 1.807) is 6.20 Å². The predicted molar refractivity (Wildman–Crippen MR) is 37.4 cm³/mol. The third-order valence-corrected chi connectivity index (χ3v) is 2.07. The Labute approximate surface area is 59.2 Å². The zero-order valence-corrected chi connectivity index (χ0v) is 5.87. The number of nitrogens with zero attached hydrogens (tertiary/aromatic N) is 1. The maximum Gasteiger partial charge on any atom is 0.162 e. The van der Waals surface area contributed by atoms with Gasteiger partial charge in [0.05, 0.1) is 11.9 Å². The molecule has 3 heteroatoms. The summed E-state index contributed by atoms with van der Waals surface area (Å²) in [5, 5.41) is 3.62. The highest BCUT2D eigenvalue weighted by atomic mass is 16.5. The van der Waals surface area contributed by atoms with Gasteiger partial charge in [-0.1, -0.05) is 12.1 Å². The van der Waals surface area contributed by atoms with Gasteiger partial charge in [-0.3, -0.25) is 0 Å². The van der Waals surface area contributed by atoms with Gasteiger partial charge in [-0.05, 0) is 12.3 Å². The lowest BCUT2D eigenvalue weighted by Crippen LogP contribution is -1.86. The number of nitrogens with two attached hydrogens (primary N) is 1. The van der Waals surface area contributed by atoms with Crippen LogP contribution in [-0.4, -0.2) is 5.16 Å². The number of nitrogen functional groups attached to an aromatic ring is 1. The van der Waals surface area contributed by atoms with Crippen molar-refractivity contribution in [3.05, 3.63) is 12.0 Å². The van der Waals surface area contributed by atoms with E-state index >= 15 is 0 Å². The summed E-state index contributed by atoms with van der Waals surface area (Å²) in [6, 6.07) is 0. The van der Waals surface area contributed by atoms with Gasteiger partial charge in [0, 0.05) is 5.92 Å². The minimum Gasteiger partial charge on any atom is -0.395 e. The van der Waals surface area contributed by atoms with Crippen molar-refractivity contribution >= 4 is 5.69 Å². The van der Waals surface area contributed by atoms with E-state index in [1.807, 2.05) is 0 Å². The van der Waals surface area contributed by atoms with Crippen LogP contribution in [0.1, 0.15) is 25.0 Å². The normalized spacial score (nSPS) is 30.5. The molecule has 0 amide bonds. The highest BCUT2D eigenvalue weighted by Crippen LogP contribution is 2.48. The standard InChI is InChI=1S/C7H10N2O/c1-4-2-5(4)7-6(8)3-9-10-7/h3-5H,2,8H2,1H3. The zero-order chi connectivity index (χ0) is 7.14. The molecule has 1 aromatic heterocycles. The molecular weight excluding hydrogens is 128 g/mol. The molecule has 2 rings (SSSR count). The van der Waals surface area contributed by atoms with Crippen LogP contribution in [-0.2, 0) is 0 Å². The maximum absolute atomic E-state index is 5.59. The van der Waals surface area contributed by atoms with E-state index in [0.29, 0.717) is 11.6 Å². The highest BCUT2D eigenvalue weighted by Gasteiger charge is 2.38. The average molecular weight is 138 g/mol. The molecule has 0 saturated heterocycles. The van der Waals surface area contributed by atoms with Crippen LogP contribution in [0.3, 0.4) is 0 Å². The van der Waals surface area contributed by atoms with Gasteiger partial charge < -0.3 is 10.3 Å². The monoisotopic (exact) mass is 138 g/mol. The van der Waals surface area contributed by atoms with Gasteiger partial charge in [0.25, 0.3) is 0 Å². The summed E-state index contributed by atoms with van der Waals surface area (Å²) in [7, 11) is 0. The molecule has 0 spiro atoms. The first-order valence-electron chi connectivity index (χ1n) is 3.49. The molecule has 1 aromatic rings. The smallest absolute Gasteiger partial charge is 0.162 e. The number of rotatable bonds is 1. The minimum absolute atomic E-state index is 0.544. The molecule has 10 heavy (non-hydrogen) atoms. The van der Waals surface area contributed by atoms with Crippen molar-refractivity contribution in [2.45, 2.75) is 19.3 Å². The lowest BCUT2D eigenvalue weighted by Gasteiger charge is -1.89. The Morgan fingerprint density at radius 3 is 2.90 bits per heavy atom. The second kappa shape index (κ2) is 1.75. The topological polar surface area (TPSA) is 52.0 Å². The SMILES string of the molecule is CC1CC1c1oncc1N. The molecule has 2 atom stereocenters. The number of hydrogen-bond donors (Lipinski definition) is 1. The van der Waals surface area contributed by atoms with Crippen molar-refractivity contribution in [1.29, 1.82) is 0 Å². The number of anilines is 1. The second-order valence-corrected chi connectivity index (χ2v) is 2.96. The Bertz CT molecular complexity index is 244. The fraction of sp³-hybridized carbons (Fsp3) is 0.571. The molecule has 1 heterocycles. The molecule has 0 radical (unpaired) electrons. The van der Waals surface area contributed by atoms with E-state index in [2.05, 4.69) is 12.1 Å².